The summed E-state index contributed by atoms with van der Waals surface area (Å²) in [6, 6.07) is 5.16. The Kier molecular flexibility index (Phi) is 3.97. The molecule has 18 heavy (non-hydrogen) atoms. The second-order valence-electron chi connectivity index (χ2n) is 4.04. The van der Waals surface area contributed by atoms with Gasteiger partial charge in [-0.05, 0) is 36.9 Å². The van der Waals surface area contributed by atoms with Gasteiger partial charge in [0.05, 0.1) is 24.1 Å². The van der Waals surface area contributed by atoms with Gasteiger partial charge in [-0.15, -0.1) is 0 Å². The fourth-order valence-corrected chi connectivity index (χ4v) is 5.03. The van der Waals surface area contributed by atoms with Crippen LogP contribution in [-0.4, -0.2) is 30.7 Å². The Morgan fingerprint density at radius 2 is 2.33 bits per heavy atom. The molecule has 7 heteroatoms. The number of nitrogens with zero attached hydrogens (tertiary/aromatic N) is 1. The molecule has 2 rings (SSSR count). The number of halogens is 1. The van der Waals surface area contributed by atoms with Crippen molar-refractivity contribution in [2.45, 2.75) is 6.92 Å². The zero-order chi connectivity index (χ0) is 13.3. The number of carbonyl (C=O) groups is 1. The first-order valence-corrected chi connectivity index (χ1v) is 8.80. The molecule has 1 aliphatic heterocycles. The van der Waals surface area contributed by atoms with E-state index in [9.17, 15) is 4.79 Å². The highest BCUT2D eigenvalue weighted by molar-refractivity contribution is 8.12. The number of benzene rings is 1. The molecule has 0 aromatic heterocycles. The van der Waals surface area contributed by atoms with Crippen molar-refractivity contribution in [3.05, 3.63) is 28.8 Å². The topological polar surface area (TPSA) is 41.6 Å². The second kappa shape index (κ2) is 5.17. The van der Waals surface area contributed by atoms with Crippen LogP contribution in [0.15, 0.2) is 18.2 Å². The van der Waals surface area contributed by atoms with E-state index < -0.39 is 6.42 Å². The van der Waals surface area contributed by atoms with Gasteiger partial charge in [-0.25, -0.2) is 0 Å². The van der Waals surface area contributed by atoms with Gasteiger partial charge in [-0.3, -0.25) is 4.79 Å². The van der Waals surface area contributed by atoms with Crippen molar-refractivity contribution in [2.75, 3.05) is 25.0 Å². The van der Waals surface area contributed by atoms with Crippen molar-refractivity contribution in [1.29, 1.82) is 0 Å². The number of carbonyl (C=O) groups excluding carboxylic acids is 1. The molecular formula is C11H14ClN2O2PS. The van der Waals surface area contributed by atoms with Crippen molar-refractivity contribution in [2.24, 2.45) is 0 Å². The van der Waals surface area contributed by atoms with E-state index in [0.29, 0.717) is 29.2 Å². The summed E-state index contributed by atoms with van der Waals surface area (Å²) in [6.07, 6.45) is -1.85. The zero-order valence-electron chi connectivity index (χ0n) is 10.1. The maximum atomic E-state index is 12.2. The Morgan fingerprint density at radius 1 is 1.61 bits per heavy atom. The predicted molar refractivity (Wildman–Crippen MR) is 77.9 cm³/mol. The van der Waals surface area contributed by atoms with Crippen molar-refractivity contribution < 1.29 is 9.32 Å². The molecule has 0 aliphatic carbocycles. The average molecular weight is 305 g/mol. The first kappa shape index (κ1) is 13.8. The molecule has 1 amide bonds. The van der Waals surface area contributed by atoms with E-state index in [2.05, 4.69) is 5.09 Å². The van der Waals surface area contributed by atoms with Gasteiger partial charge in [-0.2, -0.15) is 0 Å². The van der Waals surface area contributed by atoms with Gasteiger partial charge in [0.1, 0.15) is 0 Å². The minimum Gasteiger partial charge on any atom is -0.335 e. The van der Waals surface area contributed by atoms with E-state index in [1.165, 1.54) is 0 Å². The summed E-state index contributed by atoms with van der Waals surface area (Å²) < 4.78 is 5.64. The summed E-state index contributed by atoms with van der Waals surface area (Å²) in [7, 11) is 1.72. The van der Waals surface area contributed by atoms with Crippen LogP contribution in [-0.2, 0) is 16.3 Å². The Hall–Kier alpha value is -0.610. The molecule has 0 saturated carbocycles. The van der Waals surface area contributed by atoms with Crippen LogP contribution in [0.4, 0.5) is 5.69 Å². The summed E-state index contributed by atoms with van der Waals surface area (Å²) in [5.74, 6) is -0.0913. The standard InChI is InChI=1S/C11H14ClN2O2PS/c1-3-16-17(18)7-14(2)11(15)9-6-8(12)4-5-10(9)13-17/h4-6H,3,7H2,1-2H3,(H,13,18). The third-order valence-electron chi connectivity index (χ3n) is 2.59. The highest BCUT2D eigenvalue weighted by Crippen LogP contribution is 2.50. The summed E-state index contributed by atoms with van der Waals surface area (Å²) in [5.41, 5.74) is 1.24. The molecule has 1 N–H and O–H groups in total. The Labute approximate surface area is 116 Å². The number of hydrogen-bond donors (Lipinski definition) is 1. The summed E-state index contributed by atoms with van der Waals surface area (Å²) in [6.45, 7) is 2.42. The molecule has 98 valence electrons. The normalized spacial score (nSPS) is 23.3. The van der Waals surface area contributed by atoms with Gasteiger partial charge in [0.2, 0.25) is 0 Å². The molecule has 1 aromatic carbocycles. The lowest BCUT2D eigenvalue weighted by atomic mass is 10.1. The van der Waals surface area contributed by atoms with Crippen molar-refractivity contribution in [3.8, 4) is 0 Å². The monoisotopic (exact) mass is 304 g/mol. The molecule has 1 aromatic rings. The van der Waals surface area contributed by atoms with Gasteiger partial charge < -0.3 is 14.5 Å². The maximum absolute atomic E-state index is 12.2. The van der Waals surface area contributed by atoms with Gasteiger partial charge in [0.15, 0.2) is 6.42 Å². The number of amides is 1. The molecule has 4 nitrogen and oxygen atoms in total. The molecule has 1 aliphatic rings. The van der Waals surface area contributed by atoms with Gasteiger partial charge in [0, 0.05) is 12.1 Å². The van der Waals surface area contributed by atoms with E-state index in [0.717, 1.165) is 0 Å². The highest BCUT2D eigenvalue weighted by atomic mass is 35.5. The van der Waals surface area contributed by atoms with Crippen LogP contribution in [0.1, 0.15) is 17.3 Å². The third kappa shape index (κ3) is 2.69. The van der Waals surface area contributed by atoms with E-state index in [4.69, 9.17) is 27.9 Å². The van der Waals surface area contributed by atoms with Crippen LogP contribution in [0.5, 0.6) is 0 Å². The number of nitrogens with one attached hydrogen (secondary N) is 1. The molecule has 1 atom stereocenters. The van der Waals surface area contributed by atoms with Crippen molar-refractivity contribution >= 4 is 41.4 Å². The average Bonchev–Trinajstić information content (AvgIpc) is 2.38. The maximum Gasteiger partial charge on any atom is 0.256 e. The molecule has 0 radical (unpaired) electrons. The number of anilines is 1. The van der Waals surface area contributed by atoms with Crippen LogP contribution >= 0.6 is 18.0 Å². The summed E-state index contributed by atoms with van der Waals surface area (Å²) >= 11 is 11.5. The Morgan fingerprint density at radius 3 is 3.00 bits per heavy atom. The Bertz CT molecular complexity index is 538. The molecule has 0 bridgehead atoms. The fraction of sp³-hybridized carbons (Fsp3) is 0.364. The third-order valence-corrected chi connectivity index (χ3v) is 5.81. The molecule has 0 fully saturated rings. The second-order valence-corrected chi connectivity index (χ2v) is 8.35. The molecule has 1 unspecified atom stereocenters. The fourth-order valence-electron chi connectivity index (χ4n) is 1.84. The number of hydrogen-bond acceptors (Lipinski definition) is 3. The Balaban J connectivity index is 2.49. The van der Waals surface area contributed by atoms with Crippen molar-refractivity contribution in [3.63, 3.8) is 0 Å². The summed E-state index contributed by atoms with van der Waals surface area (Å²) in [4.78, 5) is 13.8. The smallest absolute Gasteiger partial charge is 0.256 e. The largest absolute Gasteiger partial charge is 0.335 e. The van der Waals surface area contributed by atoms with Gasteiger partial charge >= 0.3 is 0 Å². The van der Waals surface area contributed by atoms with E-state index >= 15 is 0 Å². The van der Waals surface area contributed by atoms with Gasteiger partial charge in [-0.1, -0.05) is 11.6 Å². The lowest BCUT2D eigenvalue weighted by molar-refractivity contribution is 0.0818. The summed E-state index contributed by atoms with van der Waals surface area (Å²) in [5, 5.41) is 3.74. The van der Waals surface area contributed by atoms with Crippen LogP contribution < -0.4 is 5.09 Å². The lowest BCUT2D eigenvalue weighted by Gasteiger charge is -2.24. The van der Waals surface area contributed by atoms with Crippen LogP contribution in [0, 0.1) is 0 Å². The quantitative estimate of drug-likeness (QED) is 0.852. The van der Waals surface area contributed by atoms with Crippen LogP contribution in [0.25, 0.3) is 0 Å². The SMILES string of the molecule is CCOP1(=S)CN(C)C(=O)c2cc(Cl)ccc2N1. The molecule has 0 spiro atoms. The first-order chi connectivity index (χ1) is 8.45. The zero-order valence-corrected chi connectivity index (χ0v) is 12.6. The van der Waals surface area contributed by atoms with E-state index in [1.807, 2.05) is 6.92 Å². The minimum absolute atomic E-state index is 0.0913. The van der Waals surface area contributed by atoms with Gasteiger partial charge in [0.25, 0.3) is 5.91 Å². The minimum atomic E-state index is -2.25. The molecule has 0 saturated heterocycles. The van der Waals surface area contributed by atoms with E-state index in [1.54, 1.807) is 30.1 Å². The first-order valence-electron chi connectivity index (χ1n) is 5.52. The molecular weight excluding hydrogens is 291 g/mol. The molecule has 1 heterocycles. The predicted octanol–water partition coefficient (Wildman–Crippen LogP) is 3.14. The van der Waals surface area contributed by atoms with E-state index in [-0.39, 0.29) is 5.91 Å². The van der Waals surface area contributed by atoms with Crippen LogP contribution in [0.2, 0.25) is 5.02 Å². The number of rotatable bonds is 2. The van der Waals surface area contributed by atoms with Crippen molar-refractivity contribution in [1.82, 2.24) is 4.90 Å². The highest BCUT2D eigenvalue weighted by Gasteiger charge is 2.29. The van der Waals surface area contributed by atoms with Crippen LogP contribution in [0.3, 0.4) is 0 Å². The lowest BCUT2D eigenvalue weighted by Crippen LogP contribution is -2.26. The number of fused-ring (bicyclic) bond motifs is 1.